The van der Waals surface area contributed by atoms with E-state index in [1.807, 2.05) is 0 Å². The number of hydrogen-bond acceptors (Lipinski definition) is 4. The lowest BCUT2D eigenvalue weighted by Gasteiger charge is -2.14. The van der Waals surface area contributed by atoms with Gasteiger partial charge in [0.15, 0.2) is 8.68 Å². The van der Waals surface area contributed by atoms with Crippen LogP contribution in [0, 0.1) is 18.3 Å². The topological polar surface area (TPSA) is 59.1 Å². The van der Waals surface area contributed by atoms with E-state index in [1.165, 1.54) is 12.8 Å². The highest BCUT2D eigenvalue weighted by atomic mass is 35.5. The summed E-state index contributed by atoms with van der Waals surface area (Å²) >= 11 is 6.77. The van der Waals surface area contributed by atoms with Gasteiger partial charge in [0, 0.05) is 6.54 Å². The Morgan fingerprint density at radius 1 is 1.50 bits per heavy atom. The summed E-state index contributed by atoms with van der Waals surface area (Å²) in [6, 6.07) is 0. The minimum atomic E-state index is -3.45. The molecule has 2 fully saturated rings. The fourth-order valence-electron chi connectivity index (χ4n) is 2.49. The van der Waals surface area contributed by atoms with Crippen molar-refractivity contribution in [3.63, 3.8) is 0 Å². The van der Waals surface area contributed by atoms with Gasteiger partial charge in [-0.3, -0.25) is 0 Å². The molecule has 1 N–H and O–H groups in total. The van der Waals surface area contributed by atoms with Gasteiger partial charge in [-0.15, -0.1) is 0 Å². The number of sulfonamides is 1. The monoisotopic (exact) mass is 306 g/mol. The minimum absolute atomic E-state index is 0.249. The maximum atomic E-state index is 12.2. The number of hydrogen-bond donors (Lipinski definition) is 1. The third kappa shape index (κ3) is 2.31. The summed E-state index contributed by atoms with van der Waals surface area (Å²) in [5.74, 6) is 0.742. The van der Waals surface area contributed by atoms with Gasteiger partial charge in [0.2, 0.25) is 0 Å². The number of rotatable bonds is 5. The van der Waals surface area contributed by atoms with Gasteiger partial charge < -0.3 is 0 Å². The van der Waals surface area contributed by atoms with Crippen LogP contribution >= 0.6 is 22.9 Å². The van der Waals surface area contributed by atoms with Gasteiger partial charge in [-0.2, -0.15) is 0 Å². The van der Waals surface area contributed by atoms with Gasteiger partial charge >= 0.3 is 0 Å². The van der Waals surface area contributed by atoms with Crippen LogP contribution in [-0.4, -0.2) is 19.9 Å². The fraction of sp³-hybridized carbons (Fsp3) is 0.727. The SMILES string of the molecule is Cc1nc(Cl)sc1S(=O)(=O)NCC1(C2CC2)CC1. The predicted molar refractivity (Wildman–Crippen MR) is 71.4 cm³/mol. The Morgan fingerprint density at radius 2 is 2.17 bits per heavy atom. The van der Waals surface area contributed by atoms with Crippen LogP contribution in [-0.2, 0) is 10.0 Å². The average molecular weight is 307 g/mol. The van der Waals surface area contributed by atoms with Crippen LogP contribution in [0.2, 0.25) is 4.47 Å². The number of thiazole rings is 1. The molecule has 2 aliphatic rings. The van der Waals surface area contributed by atoms with Crippen molar-refractivity contribution in [1.29, 1.82) is 0 Å². The van der Waals surface area contributed by atoms with E-state index in [2.05, 4.69) is 9.71 Å². The molecule has 0 atom stereocenters. The van der Waals surface area contributed by atoms with Crippen LogP contribution in [0.3, 0.4) is 0 Å². The first kappa shape index (κ1) is 12.8. The zero-order valence-corrected chi connectivity index (χ0v) is 12.5. The quantitative estimate of drug-likeness (QED) is 0.909. The minimum Gasteiger partial charge on any atom is -0.229 e. The van der Waals surface area contributed by atoms with E-state index in [9.17, 15) is 8.42 Å². The molecule has 0 bridgehead atoms. The van der Waals surface area contributed by atoms with Gasteiger partial charge in [-0.05, 0) is 43.9 Å². The van der Waals surface area contributed by atoms with Crippen molar-refractivity contribution in [3.05, 3.63) is 10.2 Å². The zero-order chi connectivity index (χ0) is 13.0. The van der Waals surface area contributed by atoms with Crippen LogP contribution in [0.5, 0.6) is 0 Å². The Balaban J connectivity index is 1.73. The average Bonchev–Trinajstić information content (AvgIpc) is 3.15. The number of aryl methyl sites for hydroxylation is 1. The summed E-state index contributed by atoms with van der Waals surface area (Å²) in [5.41, 5.74) is 0.740. The zero-order valence-electron chi connectivity index (χ0n) is 10.1. The molecule has 0 spiro atoms. The summed E-state index contributed by atoms with van der Waals surface area (Å²) in [6.07, 6.45) is 4.82. The highest BCUT2D eigenvalue weighted by molar-refractivity contribution is 7.91. The van der Waals surface area contributed by atoms with Crippen molar-refractivity contribution in [2.24, 2.45) is 11.3 Å². The molecule has 3 rings (SSSR count). The highest BCUT2D eigenvalue weighted by Gasteiger charge is 2.53. The standard InChI is InChI=1S/C11H15ClN2O2S2/c1-7-9(17-10(12)14-7)18(15,16)13-6-11(4-5-11)8-2-3-8/h8,13H,2-6H2,1H3. The summed E-state index contributed by atoms with van der Waals surface area (Å²) < 4.78 is 27.6. The lowest BCUT2D eigenvalue weighted by atomic mass is 10.0. The highest BCUT2D eigenvalue weighted by Crippen LogP contribution is 2.60. The lowest BCUT2D eigenvalue weighted by Crippen LogP contribution is -2.31. The molecule has 0 saturated heterocycles. The molecule has 2 saturated carbocycles. The second kappa shape index (κ2) is 4.16. The van der Waals surface area contributed by atoms with Crippen LogP contribution in [0.15, 0.2) is 4.21 Å². The second-order valence-electron chi connectivity index (χ2n) is 5.30. The Morgan fingerprint density at radius 3 is 2.61 bits per heavy atom. The second-order valence-corrected chi connectivity index (χ2v) is 8.84. The van der Waals surface area contributed by atoms with E-state index in [0.29, 0.717) is 12.2 Å². The van der Waals surface area contributed by atoms with Crippen molar-refractivity contribution in [2.45, 2.75) is 36.8 Å². The first-order valence-electron chi connectivity index (χ1n) is 6.06. The molecule has 4 nitrogen and oxygen atoms in total. The Bertz CT molecular complexity index is 574. The van der Waals surface area contributed by atoms with Crippen molar-refractivity contribution >= 4 is 33.0 Å². The van der Waals surface area contributed by atoms with Crippen LogP contribution < -0.4 is 4.72 Å². The predicted octanol–water partition coefficient (Wildman–Crippen LogP) is 2.57. The third-order valence-corrected chi connectivity index (χ3v) is 7.19. The number of aromatic nitrogens is 1. The number of halogens is 1. The normalized spacial score (nSPS) is 22.1. The van der Waals surface area contributed by atoms with Gasteiger partial charge in [-0.25, -0.2) is 18.1 Å². The molecule has 0 aromatic carbocycles. The van der Waals surface area contributed by atoms with Gasteiger partial charge in [0.25, 0.3) is 10.0 Å². The molecule has 0 unspecified atom stereocenters. The molecular formula is C11H15ClN2O2S2. The summed E-state index contributed by atoms with van der Waals surface area (Å²) in [4.78, 5) is 3.95. The molecule has 1 aromatic heterocycles. The van der Waals surface area contributed by atoms with E-state index in [-0.39, 0.29) is 14.1 Å². The summed E-state index contributed by atoms with van der Waals surface area (Å²) in [5, 5.41) is 0. The van der Waals surface area contributed by atoms with Crippen molar-refractivity contribution in [3.8, 4) is 0 Å². The molecule has 1 heterocycles. The van der Waals surface area contributed by atoms with Gasteiger partial charge in [0.1, 0.15) is 0 Å². The van der Waals surface area contributed by atoms with E-state index in [1.54, 1.807) is 6.92 Å². The van der Waals surface area contributed by atoms with Crippen LogP contribution in [0.4, 0.5) is 0 Å². The number of nitrogens with zero attached hydrogens (tertiary/aromatic N) is 1. The molecule has 1 aromatic rings. The van der Waals surface area contributed by atoms with Crippen LogP contribution in [0.1, 0.15) is 31.4 Å². The Labute approximate surface area is 116 Å². The largest absolute Gasteiger partial charge is 0.252 e. The van der Waals surface area contributed by atoms with Crippen molar-refractivity contribution < 1.29 is 8.42 Å². The first-order chi connectivity index (χ1) is 8.43. The molecule has 18 heavy (non-hydrogen) atoms. The molecule has 7 heteroatoms. The maximum Gasteiger partial charge on any atom is 0.252 e. The van der Waals surface area contributed by atoms with Crippen LogP contribution in [0.25, 0.3) is 0 Å². The van der Waals surface area contributed by atoms with Gasteiger partial charge in [0.05, 0.1) is 5.69 Å². The lowest BCUT2D eigenvalue weighted by molar-refractivity contribution is 0.432. The molecular weight excluding hydrogens is 292 g/mol. The van der Waals surface area contributed by atoms with Crippen molar-refractivity contribution in [1.82, 2.24) is 9.71 Å². The van der Waals surface area contributed by atoms with E-state index in [4.69, 9.17) is 11.6 Å². The Hall–Kier alpha value is -0.170. The van der Waals surface area contributed by atoms with E-state index < -0.39 is 10.0 Å². The molecule has 100 valence electrons. The maximum absolute atomic E-state index is 12.2. The van der Waals surface area contributed by atoms with Crippen molar-refractivity contribution in [2.75, 3.05) is 6.54 Å². The third-order valence-electron chi connectivity index (χ3n) is 3.92. The Kier molecular flexibility index (Phi) is 2.97. The van der Waals surface area contributed by atoms with Gasteiger partial charge in [-0.1, -0.05) is 22.9 Å². The first-order valence-corrected chi connectivity index (χ1v) is 8.73. The number of nitrogens with one attached hydrogen (secondary N) is 1. The fourth-order valence-corrected chi connectivity index (χ4v) is 5.41. The molecule has 2 aliphatic carbocycles. The summed E-state index contributed by atoms with van der Waals surface area (Å²) in [6.45, 7) is 2.24. The smallest absolute Gasteiger partial charge is 0.229 e. The molecule has 0 amide bonds. The molecule has 0 radical (unpaired) electrons. The van der Waals surface area contributed by atoms with E-state index in [0.717, 1.165) is 30.1 Å². The summed E-state index contributed by atoms with van der Waals surface area (Å²) in [7, 11) is -3.45. The molecule has 0 aliphatic heterocycles. The van der Waals surface area contributed by atoms with E-state index >= 15 is 0 Å².